The molecule has 0 aromatic carbocycles. The quantitative estimate of drug-likeness (QED) is 0.505. The van der Waals surface area contributed by atoms with E-state index >= 15 is 0 Å². The molecule has 3 aromatic rings. The highest BCUT2D eigenvalue weighted by Gasteiger charge is 2.33. The fourth-order valence-corrected chi connectivity index (χ4v) is 3.40. The SMILES string of the molecule is CC1c2cncc([N+](=O)[O-])c2CCN1C(=O)c1cc2ncc(Cl)cn2n1. The van der Waals surface area contributed by atoms with E-state index < -0.39 is 4.92 Å². The number of hydrogen-bond donors (Lipinski definition) is 0. The first-order valence-corrected chi connectivity index (χ1v) is 8.26. The average molecular weight is 373 g/mol. The van der Waals surface area contributed by atoms with Gasteiger partial charge in [-0.15, -0.1) is 0 Å². The van der Waals surface area contributed by atoms with Crippen LogP contribution < -0.4 is 0 Å². The summed E-state index contributed by atoms with van der Waals surface area (Å²) in [4.78, 5) is 33.4. The van der Waals surface area contributed by atoms with Gasteiger partial charge in [0, 0.05) is 36.1 Å². The van der Waals surface area contributed by atoms with Gasteiger partial charge < -0.3 is 4.90 Å². The number of nitrogens with zero attached hydrogens (tertiary/aromatic N) is 6. The van der Waals surface area contributed by atoms with Crippen molar-refractivity contribution in [3.8, 4) is 0 Å². The number of aromatic nitrogens is 4. The van der Waals surface area contributed by atoms with E-state index in [0.29, 0.717) is 34.8 Å². The van der Waals surface area contributed by atoms with Gasteiger partial charge in [-0.3, -0.25) is 19.9 Å². The van der Waals surface area contributed by atoms with E-state index in [1.807, 2.05) is 6.92 Å². The summed E-state index contributed by atoms with van der Waals surface area (Å²) in [6, 6.07) is 1.24. The van der Waals surface area contributed by atoms with Gasteiger partial charge in [0.25, 0.3) is 11.6 Å². The number of nitro groups is 1. The minimum atomic E-state index is -0.437. The molecular formula is C16H13ClN6O3. The van der Waals surface area contributed by atoms with Crippen LogP contribution in [0.1, 0.15) is 34.6 Å². The zero-order valence-electron chi connectivity index (χ0n) is 13.7. The second-order valence-corrected chi connectivity index (χ2v) is 6.45. The fourth-order valence-electron chi connectivity index (χ4n) is 3.26. The lowest BCUT2D eigenvalue weighted by molar-refractivity contribution is -0.386. The molecule has 0 fully saturated rings. The number of carbonyl (C=O) groups is 1. The Labute approximate surface area is 152 Å². The van der Waals surface area contributed by atoms with Crippen LogP contribution in [-0.2, 0) is 6.42 Å². The number of hydrogen-bond acceptors (Lipinski definition) is 6. The van der Waals surface area contributed by atoms with E-state index in [9.17, 15) is 14.9 Å². The standard InChI is InChI=1S/C16H13ClN6O3/c1-9-12-6-18-7-14(23(25)26)11(12)2-3-21(9)16(24)13-4-15-19-5-10(17)8-22(15)20-13/h4-9H,2-3H2,1H3. The summed E-state index contributed by atoms with van der Waals surface area (Å²) in [6.07, 6.45) is 6.28. The molecule has 0 saturated heterocycles. The molecule has 4 rings (SSSR count). The molecule has 0 N–H and O–H groups in total. The summed E-state index contributed by atoms with van der Waals surface area (Å²) >= 11 is 5.90. The van der Waals surface area contributed by atoms with E-state index in [1.54, 1.807) is 23.4 Å². The van der Waals surface area contributed by atoms with Crippen molar-refractivity contribution in [2.24, 2.45) is 0 Å². The van der Waals surface area contributed by atoms with Crippen molar-refractivity contribution in [1.29, 1.82) is 0 Å². The molecule has 26 heavy (non-hydrogen) atoms. The van der Waals surface area contributed by atoms with Crippen LogP contribution in [0, 0.1) is 10.1 Å². The topological polar surface area (TPSA) is 107 Å². The Balaban J connectivity index is 1.69. The summed E-state index contributed by atoms with van der Waals surface area (Å²) in [5.74, 6) is -0.267. The largest absolute Gasteiger partial charge is 0.330 e. The monoisotopic (exact) mass is 372 g/mol. The molecule has 132 valence electrons. The molecular weight excluding hydrogens is 360 g/mol. The average Bonchev–Trinajstić information content (AvgIpc) is 3.04. The Morgan fingerprint density at radius 1 is 1.38 bits per heavy atom. The Morgan fingerprint density at radius 2 is 2.19 bits per heavy atom. The van der Waals surface area contributed by atoms with Crippen molar-refractivity contribution < 1.29 is 9.72 Å². The first-order valence-electron chi connectivity index (χ1n) is 7.89. The van der Waals surface area contributed by atoms with Gasteiger partial charge in [0.15, 0.2) is 11.3 Å². The fraction of sp³-hybridized carbons (Fsp3) is 0.250. The molecule has 4 heterocycles. The third-order valence-corrected chi connectivity index (χ3v) is 4.74. The molecule has 1 amide bonds. The van der Waals surface area contributed by atoms with Crippen molar-refractivity contribution in [1.82, 2.24) is 24.5 Å². The van der Waals surface area contributed by atoms with Crippen molar-refractivity contribution >= 4 is 28.8 Å². The van der Waals surface area contributed by atoms with Crippen LogP contribution in [0.15, 0.2) is 30.9 Å². The molecule has 10 heteroatoms. The van der Waals surface area contributed by atoms with Gasteiger partial charge in [0.1, 0.15) is 6.20 Å². The number of carbonyl (C=O) groups excluding carboxylic acids is 1. The third kappa shape index (κ3) is 2.57. The lowest BCUT2D eigenvalue weighted by Crippen LogP contribution is -2.39. The van der Waals surface area contributed by atoms with Gasteiger partial charge in [0.05, 0.1) is 22.2 Å². The molecule has 0 saturated carbocycles. The second-order valence-electron chi connectivity index (χ2n) is 6.01. The smallest absolute Gasteiger partial charge is 0.291 e. The van der Waals surface area contributed by atoms with Crippen LogP contribution in [0.3, 0.4) is 0 Å². The van der Waals surface area contributed by atoms with E-state index in [0.717, 1.165) is 0 Å². The summed E-state index contributed by atoms with van der Waals surface area (Å²) < 4.78 is 1.45. The van der Waals surface area contributed by atoms with Crippen LogP contribution in [0.2, 0.25) is 5.02 Å². The van der Waals surface area contributed by atoms with Gasteiger partial charge in [0.2, 0.25) is 0 Å². The molecule has 0 spiro atoms. The third-order valence-electron chi connectivity index (χ3n) is 4.55. The second kappa shape index (κ2) is 6.03. The Kier molecular flexibility index (Phi) is 3.80. The minimum Gasteiger partial charge on any atom is -0.330 e. The highest BCUT2D eigenvalue weighted by molar-refractivity contribution is 6.30. The molecule has 9 nitrogen and oxygen atoms in total. The predicted molar refractivity (Wildman–Crippen MR) is 92.0 cm³/mol. The van der Waals surface area contributed by atoms with Crippen LogP contribution in [0.25, 0.3) is 5.65 Å². The van der Waals surface area contributed by atoms with Crippen LogP contribution in [0.4, 0.5) is 5.69 Å². The maximum absolute atomic E-state index is 12.9. The molecule has 1 unspecified atom stereocenters. The number of halogens is 1. The first-order chi connectivity index (χ1) is 12.5. The normalized spacial score (nSPS) is 16.5. The van der Waals surface area contributed by atoms with Gasteiger partial charge in [-0.1, -0.05) is 11.6 Å². The molecule has 0 bridgehead atoms. The van der Waals surface area contributed by atoms with Crippen LogP contribution >= 0.6 is 11.6 Å². The zero-order chi connectivity index (χ0) is 18.4. The number of rotatable bonds is 2. The number of amides is 1. The number of fused-ring (bicyclic) bond motifs is 2. The summed E-state index contributed by atoms with van der Waals surface area (Å²) in [7, 11) is 0. The summed E-state index contributed by atoms with van der Waals surface area (Å²) in [6.45, 7) is 2.19. The molecule has 0 radical (unpaired) electrons. The van der Waals surface area contributed by atoms with Crippen molar-refractivity contribution in [2.75, 3.05) is 6.54 Å². The van der Waals surface area contributed by atoms with Crippen molar-refractivity contribution in [3.05, 3.63) is 62.8 Å². The minimum absolute atomic E-state index is 0.00646. The van der Waals surface area contributed by atoms with Gasteiger partial charge >= 0.3 is 0 Å². The maximum Gasteiger partial charge on any atom is 0.291 e. The summed E-state index contributed by atoms with van der Waals surface area (Å²) in [5, 5.41) is 15.9. The molecule has 3 aromatic heterocycles. The lowest BCUT2D eigenvalue weighted by Gasteiger charge is -2.34. The number of pyridine rings is 1. The molecule has 1 atom stereocenters. The maximum atomic E-state index is 12.9. The lowest BCUT2D eigenvalue weighted by atomic mass is 9.94. The van der Waals surface area contributed by atoms with E-state index in [-0.39, 0.29) is 23.3 Å². The van der Waals surface area contributed by atoms with Gasteiger partial charge in [-0.2, -0.15) is 5.10 Å². The first kappa shape index (κ1) is 16.4. The van der Waals surface area contributed by atoms with Crippen molar-refractivity contribution in [2.45, 2.75) is 19.4 Å². The van der Waals surface area contributed by atoms with E-state index in [4.69, 9.17) is 11.6 Å². The summed E-state index contributed by atoms with van der Waals surface area (Å²) in [5.41, 5.74) is 2.07. The zero-order valence-corrected chi connectivity index (χ0v) is 14.4. The van der Waals surface area contributed by atoms with Crippen molar-refractivity contribution in [3.63, 3.8) is 0 Å². The van der Waals surface area contributed by atoms with Gasteiger partial charge in [-0.25, -0.2) is 9.50 Å². The van der Waals surface area contributed by atoms with Crippen LogP contribution in [-0.4, -0.2) is 41.9 Å². The Hall–Kier alpha value is -3.07. The predicted octanol–water partition coefficient (Wildman–Crippen LogP) is 2.45. The van der Waals surface area contributed by atoms with E-state index in [2.05, 4.69) is 15.1 Å². The molecule has 1 aliphatic rings. The Bertz CT molecular complexity index is 1050. The highest BCUT2D eigenvalue weighted by atomic mass is 35.5. The van der Waals surface area contributed by atoms with E-state index in [1.165, 1.54) is 16.9 Å². The van der Waals surface area contributed by atoms with Gasteiger partial charge in [-0.05, 0) is 13.3 Å². The Morgan fingerprint density at radius 3 is 2.96 bits per heavy atom. The molecule has 1 aliphatic heterocycles. The highest BCUT2D eigenvalue weighted by Crippen LogP contribution is 2.34. The van der Waals surface area contributed by atoms with Crippen LogP contribution in [0.5, 0.6) is 0 Å². The molecule has 0 aliphatic carbocycles.